The van der Waals surface area contributed by atoms with E-state index in [1.165, 1.54) is 12.1 Å². The van der Waals surface area contributed by atoms with E-state index >= 15 is 0 Å². The number of hydrogen-bond donors (Lipinski definition) is 0. The number of ketones is 3. The van der Waals surface area contributed by atoms with Gasteiger partial charge in [0.05, 0.1) is 6.04 Å². The molecule has 1 aliphatic carbocycles. The first-order chi connectivity index (χ1) is 20.3. The molecule has 0 N–H and O–H groups in total. The molecule has 0 saturated carbocycles. The monoisotopic (exact) mass is 555 g/mol. The van der Waals surface area contributed by atoms with E-state index in [-0.39, 0.29) is 17.3 Å². The molecule has 42 heavy (non-hydrogen) atoms. The van der Waals surface area contributed by atoms with E-state index in [1.54, 1.807) is 36.4 Å². The second-order valence-electron chi connectivity index (χ2n) is 12.0. The number of anilines is 1. The van der Waals surface area contributed by atoms with Crippen LogP contribution in [0.3, 0.4) is 0 Å². The van der Waals surface area contributed by atoms with Gasteiger partial charge >= 0.3 is 0 Å². The molecule has 0 bridgehead atoms. The predicted molar refractivity (Wildman–Crippen MR) is 162 cm³/mol. The van der Waals surface area contributed by atoms with Crippen molar-refractivity contribution in [2.24, 2.45) is 11.3 Å². The molecule has 0 radical (unpaired) electrons. The van der Waals surface area contributed by atoms with Gasteiger partial charge in [-0.25, -0.2) is 4.39 Å². The van der Waals surface area contributed by atoms with E-state index < -0.39 is 29.2 Å². The van der Waals surface area contributed by atoms with Gasteiger partial charge in [0.1, 0.15) is 17.3 Å². The third kappa shape index (κ3) is 3.69. The summed E-state index contributed by atoms with van der Waals surface area (Å²) in [5.41, 5.74) is 3.08. The van der Waals surface area contributed by atoms with Crippen molar-refractivity contribution in [1.29, 1.82) is 0 Å². The summed E-state index contributed by atoms with van der Waals surface area (Å²) in [6, 6.07) is 26.6. The van der Waals surface area contributed by atoms with Crippen LogP contribution in [0.1, 0.15) is 67.5 Å². The topological polar surface area (TPSA) is 54.5 Å². The fraction of sp³-hybridized carbons (Fsp3) is 0.216. The maximum atomic E-state index is 14.8. The van der Waals surface area contributed by atoms with Crippen LogP contribution in [0.25, 0.3) is 6.08 Å². The van der Waals surface area contributed by atoms with Crippen LogP contribution in [0.5, 0.6) is 0 Å². The lowest BCUT2D eigenvalue weighted by Crippen LogP contribution is -2.48. The Hall–Kier alpha value is -4.64. The number of nitrogens with zero attached hydrogens (tertiary/aromatic N) is 1. The van der Waals surface area contributed by atoms with Gasteiger partial charge < -0.3 is 4.90 Å². The number of benzene rings is 4. The van der Waals surface area contributed by atoms with Gasteiger partial charge in [-0.05, 0) is 47.2 Å². The highest BCUT2D eigenvalue weighted by Crippen LogP contribution is 2.60. The molecule has 3 atom stereocenters. The summed E-state index contributed by atoms with van der Waals surface area (Å²) in [4.78, 5) is 46.0. The standard InChI is InChI=1S/C37H30FNO3/c1-22(2)21-23-11-13-26(14-12-23)34(40)33-32(25-15-18-27(38)19-16-25)37(35(41)28-8-4-5-9-29(28)36(37)42)31-20-17-24-7-3-6-10-30(24)39(31)33/h3-20,22,31-33H,21H2,1-2H3. The van der Waals surface area contributed by atoms with Gasteiger partial charge in [-0.3, -0.25) is 14.4 Å². The molecule has 0 aromatic heterocycles. The highest BCUT2D eigenvalue weighted by Gasteiger charge is 2.71. The largest absolute Gasteiger partial charge is 0.352 e. The summed E-state index contributed by atoms with van der Waals surface area (Å²) in [6.07, 6.45) is 4.74. The first-order valence-corrected chi connectivity index (χ1v) is 14.4. The summed E-state index contributed by atoms with van der Waals surface area (Å²) in [7, 11) is 0. The van der Waals surface area contributed by atoms with Crippen molar-refractivity contribution in [3.8, 4) is 0 Å². The number of para-hydroxylation sites is 1. The van der Waals surface area contributed by atoms with Gasteiger partial charge in [0.15, 0.2) is 17.3 Å². The molecule has 4 aromatic rings. The minimum Gasteiger partial charge on any atom is -0.352 e. The summed E-state index contributed by atoms with van der Waals surface area (Å²) in [6.45, 7) is 4.30. The van der Waals surface area contributed by atoms with Gasteiger partial charge in [-0.15, -0.1) is 0 Å². The van der Waals surface area contributed by atoms with Crippen LogP contribution in [0.2, 0.25) is 0 Å². The molecule has 1 spiro atoms. The summed E-state index contributed by atoms with van der Waals surface area (Å²) >= 11 is 0. The van der Waals surface area contributed by atoms with Gasteiger partial charge in [0, 0.05) is 28.3 Å². The normalized spacial score (nSPS) is 21.5. The summed E-state index contributed by atoms with van der Waals surface area (Å²) < 4.78 is 14.2. The number of Topliss-reactive ketones (excluding diaryl/α,β-unsaturated/α-hetero) is 3. The third-order valence-electron chi connectivity index (χ3n) is 9.09. The zero-order valence-electron chi connectivity index (χ0n) is 23.5. The lowest BCUT2D eigenvalue weighted by atomic mass is 9.64. The van der Waals surface area contributed by atoms with Crippen LogP contribution in [-0.4, -0.2) is 29.4 Å². The smallest absolute Gasteiger partial charge is 0.185 e. The maximum Gasteiger partial charge on any atom is 0.185 e. The van der Waals surface area contributed by atoms with E-state index in [1.807, 2.05) is 65.6 Å². The third-order valence-corrected chi connectivity index (χ3v) is 9.09. The number of halogens is 1. The highest BCUT2D eigenvalue weighted by atomic mass is 19.1. The van der Waals surface area contributed by atoms with E-state index in [2.05, 4.69) is 13.8 Å². The Morgan fingerprint density at radius 3 is 2.10 bits per heavy atom. The fourth-order valence-electron chi connectivity index (χ4n) is 7.41. The average Bonchev–Trinajstić information content (AvgIpc) is 3.43. The van der Waals surface area contributed by atoms with E-state index in [9.17, 15) is 18.8 Å². The van der Waals surface area contributed by atoms with Gasteiger partial charge in [0.2, 0.25) is 0 Å². The van der Waals surface area contributed by atoms with Crippen molar-refractivity contribution < 1.29 is 18.8 Å². The zero-order valence-corrected chi connectivity index (χ0v) is 23.5. The molecule has 1 fully saturated rings. The van der Waals surface area contributed by atoms with Crippen LogP contribution >= 0.6 is 0 Å². The van der Waals surface area contributed by atoms with Crippen LogP contribution in [0.15, 0.2) is 103 Å². The Morgan fingerprint density at radius 1 is 0.833 bits per heavy atom. The number of fused-ring (bicyclic) bond motifs is 5. The number of carbonyl (C=O) groups excluding carboxylic acids is 3. The Kier molecular flexibility index (Phi) is 6.09. The lowest BCUT2D eigenvalue weighted by molar-refractivity contribution is 0.0666. The maximum absolute atomic E-state index is 14.8. The van der Waals surface area contributed by atoms with Crippen LogP contribution in [0, 0.1) is 17.2 Å². The zero-order chi connectivity index (χ0) is 29.2. The number of carbonyl (C=O) groups is 3. The summed E-state index contributed by atoms with van der Waals surface area (Å²) in [5, 5.41) is 0. The Bertz CT molecular complexity index is 1730. The molecule has 0 amide bonds. The van der Waals surface area contributed by atoms with Crippen molar-refractivity contribution in [1.82, 2.24) is 0 Å². The molecule has 4 nitrogen and oxygen atoms in total. The second kappa shape index (κ2) is 9.73. The van der Waals surface area contributed by atoms with Crippen molar-refractivity contribution in [2.45, 2.75) is 38.3 Å². The molecule has 1 saturated heterocycles. The van der Waals surface area contributed by atoms with Crippen LogP contribution < -0.4 is 4.90 Å². The Balaban J connectivity index is 1.48. The van der Waals surface area contributed by atoms with Crippen molar-refractivity contribution in [3.05, 3.63) is 142 Å². The van der Waals surface area contributed by atoms with Gasteiger partial charge in [-0.2, -0.15) is 0 Å². The van der Waals surface area contributed by atoms with Crippen molar-refractivity contribution >= 4 is 29.1 Å². The average molecular weight is 556 g/mol. The minimum absolute atomic E-state index is 0.177. The Morgan fingerprint density at radius 2 is 1.45 bits per heavy atom. The lowest BCUT2D eigenvalue weighted by Gasteiger charge is -2.37. The predicted octanol–water partition coefficient (Wildman–Crippen LogP) is 7.34. The van der Waals surface area contributed by atoms with Crippen LogP contribution in [0.4, 0.5) is 10.1 Å². The van der Waals surface area contributed by atoms with Crippen LogP contribution in [-0.2, 0) is 6.42 Å². The molecule has 4 aromatic carbocycles. The molecule has 5 heteroatoms. The van der Waals surface area contributed by atoms with E-state index in [0.29, 0.717) is 28.2 Å². The minimum atomic E-state index is -1.59. The first-order valence-electron chi connectivity index (χ1n) is 14.4. The van der Waals surface area contributed by atoms with Gasteiger partial charge in [-0.1, -0.05) is 105 Å². The molecule has 3 aliphatic rings. The van der Waals surface area contributed by atoms with Crippen molar-refractivity contribution in [2.75, 3.05) is 4.90 Å². The number of rotatable bonds is 5. The Labute approximate surface area is 244 Å². The second-order valence-corrected chi connectivity index (χ2v) is 12.0. The molecular formula is C37H30FNO3. The first kappa shape index (κ1) is 26.3. The molecule has 2 aliphatic heterocycles. The molecule has 7 rings (SSSR count). The molecular weight excluding hydrogens is 525 g/mol. The fourth-order valence-corrected chi connectivity index (χ4v) is 7.41. The van der Waals surface area contributed by atoms with E-state index in [0.717, 1.165) is 23.2 Å². The molecule has 3 unspecified atom stereocenters. The number of hydrogen-bond acceptors (Lipinski definition) is 4. The summed E-state index contributed by atoms with van der Waals surface area (Å²) in [5.74, 6) is -1.57. The molecule has 208 valence electrons. The SMILES string of the molecule is CC(C)Cc1ccc(C(=O)C2C(c3ccc(F)cc3)C3(C(=O)c4ccccc4C3=O)C3C=Cc4ccccc4N23)cc1. The molecule has 2 heterocycles. The van der Waals surface area contributed by atoms with Crippen molar-refractivity contribution in [3.63, 3.8) is 0 Å². The highest BCUT2D eigenvalue weighted by molar-refractivity contribution is 6.32. The van der Waals surface area contributed by atoms with E-state index in [4.69, 9.17) is 0 Å². The van der Waals surface area contributed by atoms with Gasteiger partial charge in [0.25, 0.3) is 0 Å². The quantitative estimate of drug-likeness (QED) is 0.191.